The van der Waals surface area contributed by atoms with Crippen LogP contribution in [0.3, 0.4) is 0 Å². The Morgan fingerprint density at radius 3 is 2.79 bits per heavy atom. The van der Waals surface area contributed by atoms with Crippen molar-refractivity contribution in [2.45, 2.75) is 63.6 Å². The van der Waals surface area contributed by atoms with Crippen molar-refractivity contribution in [2.24, 2.45) is 5.73 Å². The molecule has 3 rings (SSSR count). The Hall–Kier alpha value is -3.64. The highest BCUT2D eigenvalue weighted by molar-refractivity contribution is 5.83. The Balaban J connectivity index is 1.32. The van der Waals surface area contributed by atoms with Crippen molar-refractivity contribution in [3.8, 4) is 0 Å². The topological polar surface area (TPSA) is 193 Å². The van der Waals surface area contributed by atoms with Crippen molar-refractivity contribution >= 4 is 35.0 Å². The third kappa shape index (κ3) is 7.77. The number of rotatable bonds is 14. The molecule has 13 nitrogen and oxygen atoms in total. The number of aliphatic carboxylic acids is 1. The molecule has 2 aromatic rings. The van der Waals surface area contributed by atoms with Crippen LogP contribution in [-0.4, -0.2) is 67.9 Å². The summed E-state index contributed by atoms with van der Waals surface area (Å²) in [5.74, 6) is -0.545. The number of nitrogens with two attached hydrogens (primary N) is 1. The first kappa shape index (κ1) is 24.0. The number of anilines is 1. The number of unbranched alkanes of at least 4 members (excludes halogenated alkanes) is 2. The largest absolute Gasteiger partial charge is 0.480 e. The Morgan fingerprint density at radius 2 is 2.06 bits per heavy atom. The fourth-order valence-electron chi connectivity index (χ4n) is 3.27. The van der Waals surface area contributed by atoms with Gasteiger partial charge < -0.3 is 36.1 Å². The summed E-state index contributed by atoms with van der Waals surface area (Å²) in [5, 5.41) is 24.6. The van der Waals surface area contributed by atoms with Gasteiger partial charge in [0.05, 0.1) is 12.9 Å². The molecule has 0 aromatic carbocycles. The molecule has 1 aliphatic carbocycles. The van der Waals surface area contributed by atoms with Gasteiger partial charge in [-0.15, -0.1) is 0 Å². The molecule has 2 aromatic heterocycles. The number of nitrogens with one attached hydrogen (secondary N) is 4. The van der Waals surface area contributed by atoms with Crippen LogP contribution in [0.5, 0.6) is 0 Å². The molecule has 2 heterocycles. The quantitative estimate of drug-likeness (QED) is 0.134. The van der Waals surface area contributed by atoms with Gasteiger partial charge in [0, 0.05) is 19.1 Å². The third-order valence-corrected chi connectivity index (χ3v) is 5.17. The summed E-state index contributed by atoms with van der Waals surface area (Å²) in [5.41, 5.74) is 6.73. The van der Waals surface area contributed by atoms with Gasteiger partial charge in [-0.25, -0.2) is 24.5 Å². The van der Waals surface area contributed by atoms with E-state index < -0.39 is 18.1 Å². The van der Waals surface area contributed by atoms with E-state index in [2.05, 4.69) is 30.9 Å². The molecule has 0 unspecified atom stereocenters. The Kier molecular flexibility index (Phi) is 8.61. The lowest BCUT2D eigenvalue weighted by Gasteiger charge is -2.14. The van der Waals surface area contributed by atoms with Crippen LogP contribution in [0.1, 0.15) is 44.9 Å². The van der Waals surface area contributed by atoms with E-state index in [1.54, 1.807) is 12.7 Å². The fourth-order valence-corrected chi connectivity index (χ4v) is 3.27. The highest BCUT2D eigenvalue weighted by Crippen LogP contribution is 2.26. The number of carbonyl (C=O) groups excluding carboxylic acids is 1. The maximum absolute atomic E-state index is 11.9. The number of aryl methyl sites for hydroxylation is 1. The first-order chi connectivity index (χ1) is 15.9. The molecule has 0 saturated heterocycles. The van der Waals surface area contributed by atoms with Crippen LogP contribution < -0.4 is 21.7 Å². The number of aromatic nitrogens is 4. The van der Waals surface area contributed by atoms with Crippen molar-refractivity contribution in [2.75, 3.05) is 18.5 Å². The van der Waals surface area contributed by atoms with Crippen LogP contribution in [0.25, 0.3) is 11.2 Å². The minimum Gasteiger partial charge on any atom is -0.480 e. The minimum atomic E-state index is -1.14. The van der Waals surface area contributed by atoms with E-state index in [0.29, 0.717) is 25.4 Å². The lowest BCUT2D eigenvalue weighted by atomic mass is 10.1. The van der Waals surface area contributed by atoms with E-state index in [1.807, 2.05) is 4.57 Å². The number of guanidine groups is 1. The number of carboxylic acid groups (broad SMARTS) is 1. The number of nitrogens with zero attached hydrogens (tertiary/aromatic N) is 4. The van der Waals surface area contributed by atoms with Gasteiger partial charge in [-0.3, -0.25) is 5.41 Å². The molecule has 0 spiro atoms. The van der Waals surface area contributed by atoms with Gasteiger partial charge in [0.25, 0.3) is 0 Å². The van der Waals surface area contributed by atoms with E-state index in [1.165, 1.54) is 0 Å². The van der Waals surface area contributed by atoms with E-state index in [0.717, 1.165) is 49.2 Å². The number of hydrogen-bond donors (Lipinski definition) is 6. The number of amides is 1. The summed E-state index contributed by atoms with van der Waals surface area (Å²) in [4.78, 5) is 36.2. The van der Waals surface area contributed by atoms with Crippen molar-refractivity contribution in [3.05, 3.63) is 12.7 Å². The molecule has 180 valence electrons. The molecule has 1 atom stereocenters. The van der Waals surface area contributed by atoms with Crippen molar-refractivity contribution in [3.63, 3.8) is 0 Å². The molecule has 0 aliphatic heterocycles. The second-order valence-corrected chi connectivity index (χ2v) is 7.97. The van der Waals surface area contributed by atoms with Gasteiger partial charge in [0.2, 0.25) is 0 Å². The number of carbonyl (C=O) groups is 2. The molecule has 7 N–H and O–H groups in total. The van der Waals surface area contributed by atoms with Gasteiger partial charge >= 0.3 is 12.1 Å². The van der Waals surface area contributed by atoms with Crippen molar-refractivity contribution in [1.82, 2.24) is 30.2 Å². The van der Waals surface area contributed by atoms with Gasteiger partial charge in [-0.05, 0) is 44.9 Å². The van der Waals surface area contributed by atoms with Crippen molar-refractivity contribution < 1.29 is 19.4 Å². The van der Waals surface area contributed by atoms with Crippen LogP contribution >= 0.6 is 0 Å². The van der Waals surface area contributed by atoms with Gasteiger partial charge in [-0.2, -0.15) is 0 Å². The molecule has 1 saturated carbocycles. The molecule has 1 fully saturated rings. The normalized spacial score (nSPS) is 13.9. The zero-order chi connectivity index (χ0) is 23.6. The first-order valence-electron chi connectivity index (χ1n) is 11.1. The van der Waals surface area contributed by atoms with Crippen molar-refractivity contribution in [1.29, 1.82) is 5.41 Å². The zero-order valence-corrected chi connectivity index (χ0v) is 18.4. The van der Waals surface area contributed by atoms with E-state index in [-0.39, 0.29) is 19.0 Å². The van der Waals surface area contributed by atoms with Gasteiger partial charge in [0.1, 0.15) is 17.9 Å². The summed E-state index contributed by atoms with van der Waals surface area (Å²) in [6.07, 6.45) is 7.83. The first-order valence-corrected chi connectivity index (χ1v) is 11.1. The van der Waals surface area contributed by atoms with Gasteiger partial charge in [-0.1, -0.05) is 0 Å². The monoisotopic (exact) mass is 461 g/mol. The van der Waals surface area contributed by atoms with Crippen LogP contribution in [0.2, 0.25) is 0 Å². The predicted octanol–water partition coefficient (Wildman–Crippen LogP) is 1.01. The predicted molar refractivity (Wildman–Crippen MR) is 121 cm³/mol. The number of alkyl carbamates (subject to hydrolysis) is 1. The zero-order valence-electron chi connectivity index (χ0n) is 18.4. The Bertz CT molecular complexity index is 960. The lowest BCUT2D eigenvalue weighted by molar-refractivity contribution is -0.139. The SMILES string of the molecule is N=C(N)NCCC[C@@H](NC(=O)OCCCCCn1cnc2c(NC3CC3)ncnc21)C(=O)O. The molecular weight excluding hydrogens is 430 g/mol. The highest BCUT2D eigenvalue weighted by Gasteiger charge is 2.23. The van der Waals surface area contributed by atoms with E-state index >= 15 is 0 Å². The number of ether oxygens (including phenoxy) is 1. The highest BCUT2D eigenvalue weighted by atomic mass is 16.5. The average Bonchev–Trinajstić information content (AvgIpc) is 3.49. The number of carboxylic acids is 1. The van der Waals surface area contributed by atoms with Crippen LogP contribution in [0.4, 0.5) is 10.6 Å². The summed E-state index contributed by atoms with van der Waals surface area (Å²) in [6.45, 7) is 1.29. The molecule has 1 amide bonds. The summed E-state index contributed by atoms with van der Waals surface area (Å²) < 4.78 is 7.09. The number of hydrogen-bond acceptors (Lipinski definition) is 8. The average molecular weight is 462 g/mol. The summed E-state index contributed by atoms with van der Waals surface area (Å²) in [7, 11) is 0. The molecule has 0 radical (unpaired) electrons. The third-order valence-electron chi connectivity index (χ3n) is 5.17. The van der Waals surface area contributed by atoms with Crippen LogP contribution in [0, 0.1) is 5.41 Å². The maximum atomic E-state index is 11.9. The summed E-state index contributed by atoms with van der Waals surface area (Å²) in [6, 6.07) is -0.568. The van der Waals surface area contributed by atoms with Crippen LogP contribution in [0.15, 0.2) is 12.7 Å². The maximum Gasteiger partial charge on any atom is 0.407 e. The smallest absolute Gasteiger partial charge is 0.407 e. The molecule has 1 aliphatic rings. The second kappa shape index (κ2) is 11.8. The lowest BCUT2D eigenvalue weighted by Crippen LogP contribution is -2.42. The number of imidazole rings is 1. The Labute approximate surface area is 191 Å². The standard InChI is InChI=1S/C20H31N9O4/c21-19(22)23-8-4-5-14(18(30)31)28-20(32)33-10-3-1-2-9-29-12-26-15-16(27-13-6-7-13)24-11-25-17(15)29/h11-14H,1-10H2,(H,28,32)(H,30,31)(H4,21,22,23)(H,24,25,27)/t14-/m1/s1. The fraction of sp³-hybridized carbons (Fsp3) is 0.600. The minimum absolute atomic E-state index is 0.181. The molecule has 13 heteroatoms. The molecular formula is C20H31N9O4. The second-order valence-electron chi connectivity index (χ2n) is 7.97. The van der Waals surface area contributed by atoms with E-state index in [4.69, 9.17) is 15.9 Å². The van der Waals surface area contributed by atoms with Crippen LogP contribution in [-0.2, 0) is 16.1 Å². The summed E-state index contributed by atoms with van der Waals surface area (Å²) >= 11 is 0. The number of fused-ring (bicyclic) bond motifs is 1. The molecule has 33 heavy (non-hydrogen) atoms. The Morgan fingerprint density at radius 1 is 1.24 bits per heavy atom. The molecule has 0 bridgehead atoms. The van der Waals surface area contributed by atoms with E-state index in [9.17, 15) is 14.7 Å². The van der Waals surface area contributed by atoms with Gasteiger partial charge in [0.15, 0.2) is 17.4 Å².